The third-order valence-corrected chi connectivity index (χ3v) is 6.22. The number of sulfonamides is 1. The Morgan fingerprint density at radius 1 is 1.20 bits per heavy atom. The number of benzene rings is 1. The van der Waals surface area contributed by atoms with Gasteiger partial charge in [-0.15, -0.1) is 0 Å². The minimum atomic E-state index is -3.64. The van der Waals surface area contributed by atoms with Gasteiger partial charge in [0, 0.05) is 11.6 Å². The van der Waals surface area contributed by atoms with Crippen molar-refractivity contribution < 1.29 is 23.1 Å². The first-order chi connectivity index (χ1) is 11.7. The summed E-state index contributed by atoms with van der Waals surface area (Å²) in [6.07, 6.45) is 2.98. The summed E-state index contributed by atoms with van der Waals surface area (Å²) >= 11 is 0. The standard InChI is InChI=1S/C17H24N2O5S/c1-3-12(2)19-25(23,24)14-8-6-13(7-9-14)15(20)18-17(16(21)22)10-4-5-11-17/h6-9,12,19H,3-5,10-11H2,1-2H3,(H,18,20)(H,21,22). The predicted octanol–water partition coefficient (Wildman–Crippen LogP) is 1.89. The Morgan fingerprint density at radius 2 is 1.76 bits per heavy atom. The van der Waals surface area contributed by atoms with E-state index in [1.165, 1.54) is 24.3 Å². The minimum Gasteiger partial charge on any atom is -0.480 e. The van der Waals surface area contributed by atoms with E-state index in [2.05, 4.69) is 10.0 Å². The average Bonchev–Trinajstić information content (AvgIpc) is 3.04. The van der Waals surface area contributed by atoms with Crippen LogP contribution in [0.2, 0.25) is 0 Å². The number of rotatable bonds is 7. The molecule has 1 aliphatic rings. The lowest BCUT2D eigenvalue weighted by Gasteiger charge is -2.25. The molecular weight excluding hydrogens is 344 g/mol. The highest BCUT2D eigenvalue weighted by atomic mass is 32.2. The van der Waals surface area contributed by atoms with Crippen LogP contribution in [-0.4, -0.2) is 37.0 Å². The molecule has 0 radical (unpaired) electrons. The molecule has 1 saturated carbocycles. The molecule has 7 nitrogen and oxygen atoms in total. The lowest BCUT2D eigenvalue weighted by atomic mass is 9.97. The fraction of sp³-hybridized carbons (Fsp3) is 0.529. The minimum absolute atomic E-state index is 0.0677. The number of carboxylic acids is 1. The van der Waals surface area contributed by atoms with Gasteiger partial charge in [-0.25, -0.2) is 17.9 Å². The number of nitrogens with one attached hydrogen (secondary N) is 2. The third kappa shape index (κ3) is 4.38. The molecule has 1 amide bonds. The van der Waals surface area contributed by atoms with Gasteiger partial charge in [0.25, 0.3) is 5.91 Å². The second-order valence-corrected chi connectivity index (χ2v) is 8.22. The van der Waals surface area contributed by atoms with Crippen molar-refractivity contribution in [2.75, 3.05) is 0 Å². The Kier molecular flexibility index (Phi) is 5.84. The fourth-order valence-corrected chi connectivity index (χ4v) is 4.19. The van der Waals surface area contributed by atoms with Crippen molar-refractivity contribution in [3.63, 3.8) is 0 Å². The molecule has 2 rings (SSSR count). The molecule has 0 heterocycles. The molecule has 138 valence electrons. The molecular formula is C17H24N2O5S. The van der Waals surface area contributed by atoms with E-state index in [1.54, 1.807) is 6.92 Å². The molecule has 8 heteroatoms. The number of carboxylic acid groups (broad SMARTS) is 1. The largest absolute Gasteiger partial charge is 0.480 e. The van der Waals surface area contributed by atoms with Crippen molar-refractivity contribution >= 4 is 21.9 Å². The first-order valence-electron chi connectivity index (χ1n) is 8.38. The molecule has 0 saturated heterocycles. The van der Waals surface area contributed by atoms with Crippen molar-refractivity contribution in [3.8, 4) is 0 Å². The van der Waals surface area contributed by atoms with Crippen LogP contribution >= 0.6 is 0 Å². The van der Waals surface area contributed by atoms with Gasteiger partial charge < -0.3 is 10.4 Å². The Balaban J connectivity index is 2.14. The number of carbonyl (C=O) groups excluding carboxylic acids is 1. The second kappa shape index (κ2) is 7.53. The van der Waals surface area contributed by atoms with Crippen LogP contribution in [0.4, 0.5) is 0 Å². The van der Waals surface area contributed by atoms with Gasteiger partial charge in [0.1, 0.15) is 5.54 Å². The van der Waals surface area contributed by atoms with Gasteiger partial charge >= 0.3 is 5.97 Å². The first kappa shape index (κ1) is 19.4. The molecule has 1 aromatic rings. The van der Waals surface area contributed by atoms with Crippen LogP contribution in [0.5, 0.6) is 0 Å². The summed E-state index contributed by atoms with van der Waals surface area (Å²) in [5.41, 5.74) is -0.991. The predicted molar refractivity (Wildman–Crippen MR) is 92.8 cm³/mol. The quantitative estimate of drug-likeness (QED) is 0.680. The van der Waals surface area contributed by atoms with Gasteiger partial charge in [-0.05, 0) is 50.5 Å². The molecule has 1 unspecified atom stereocenters. The van der Waals surface area contributed by atoms with Crippen molar-refractivity contribution in [1.82, 2.24) is 10.0 Å². The normalized spacial score (nSPS) is 17.8. The lowest BCUT2D eigenvalue weighted by molar-refractivity contribution is -0.144. The summed E-state index contributed by atoms with van der Waals surface area (Å²) < 4.78 is 27.0. The van der Waals surface area contributed by atoms with Crippen LogP contribution in [0.25, 0.3) is 0 Å². The molecule has 0 spiro atoms. The van der Waals surface area contributed by atoms with Crippen molar-refractivity contribution in [2.24, 2.45) is 0 Å². The highest BCUT2D eigenvalue weighted by Gasteiger charge is 2.42. The summed E-state index contributed by atoms with van der Waals surface area (Å²) in [4.78, 5) is 23.9. The molecule has 25 heavy (non-hydrogen) atoms. The zero-order valence-corrected chi connectivity index (χ0v) is 15.2. The van der Waals surface area contributed by atoms with E-state index in [0.717, 1.165) is 12.8 Å². The Bertz CT molecular complexity index is 737. The fourth-order valence-electron chi connectivity index (χ4n) is 2.86. The average molecular weight is 368 g/mol. The van der Waals surface area contributed by atoms with Gasteiger partial charge in [-0.3, -0.25) is 4.79 Å². The van der Waals surface area contributed by atoms with Gasteiger partial charge in [0.15, 0.2) is 0 Å². The summed E-state index contributed by atoms with van der Waals surface area (Å²) in [5, 5.41) is 12.0. The molecule has 0 bridgehead atoms. The molecule has 0 aliphatic heterocycles. The molecule has 1 atom stereocenters. The Labute approximate surface area is 147 Å². The van der Waals surface area contributed by atoms with Gasteiger partial charge in [0.05, 0.1) is 4.90 Å². The zero-order valence-electron chi connectivity index (χ0n) is 14.4. The van der Waals surface area contributed by atoms with E-state index in [-0.39, 0.29) is 16.5 Å². The lowest BCUT2D eigenvalue weighted by Crippen LogP contribution is -2.52. The SMILES string of the molecule is CCC(C)NS(=O)(=O)c1ccc(C(=O)NC2(C(=O)O)CCCC2)cc1. The van der Waals surface area contributed by atoms with Gasteiger partial charge in [0.2, 0.25) is 10.0 Å². The van der Waals surface area contributed by atoms with Crippen LogP contribution in [-0.2, 0) is 14.8 Å². The molecule has 3 N–H and O–H groups in total. The van der Waals surface area contributed by atoms with E-state index in [0.29, 0.717) is 19.3 Å². The van der Waals surface area contributed by atoms with Crippen LogP contribution in [0.1, 0.15) is 56.3 Å². The first-order valence-corrected chi connectivity index (χ1v) is 9.87. The van der Waals surface area contributed by atoms with Gasteiger partial charge in [-0.1, -0.05) is 19.8 Å². The number of aliphatic carboxylic acids is 1. The molecule has 1 fully saturated rings. The van der Waals surface area contributed by atoms with E-state index in [1.807, 2.05) is 6.92 Å². The molecule has 1 aromatic carbocycles. The second-order valence-electron chi connectivity index (χ2n) is 6.50. The Morgan fingerprint density at radius 3 is 2.24 bits per heavy atom. The highest BCUT2D eigenvalue weighted by molar-refractivity contribution is 7.89. The highest BCUT2D eigenvalue weighted by Crippen LogP contribution is 2.30. The Hall–Kier alpha value is -1.93. The van der Waals surface area contributed by atoms with E-state index in [4.69, 9.17) is 0 Å². The van der Waals surface area contributed by atoms with E-state index in [9.17, 15) is 23.1 Å². The van der Waals surface area contributed by atoms with Crippen molar-refractivity contribution in [2.45, 2.75) is 62.4 Å². The summed E-state index contributed by atoms with van der Waals surface area (Å²) in [5.74, 6) is -1.54. The number of carbonyl (C=O) groups is 2. The monoisotopic (exact) mass is 368 g/mol. The maximum atomic E-state index is 12.4. The number of amides is 1. The van der Waals surface area contributed by atoms with Crippen LogP contribution in [0.3, 0.4) is 0 Å². The zero-order chi connectivity index (χ0) is 18.7. The smallest absolute Gasteiger partial charge is 0.329 e. The summed E-state index contributed by atoms with van der Waals surface area (Å²) in [6, 6.07) is 5.30. The maximum absolute atomic E-state index is 12.4. The van der Waals surface area contributed by atoms with Crippen molar-refractivity contribution in [3.05, 3.63) is 29.8 Å². The van der Waals surface area contributed by atoms with Crippen LogP contribution < -0.4 is 10.0 Å². The van der Waals surface area contributed by atoms with Crippen molar-refractivity contribution in [1.29, 1.82) is 0 Å². The summed E-state index contributed by atoms with van der Waals surface area (Å²) in [7, 11) is -3.64. The van der Waals surface area contributed by atoms with Gasteiger partial charge in [-0.2, -0.15) is 0 Å². The van der Waals surface area contributed by atoms with E-state index >= 15 is 0 Å². The number of hydrogen-bond acceptors (Lipinski definition) is 4. The van der Waals surface area contributed by atoms with E-state index < -0.39 is 27.4 Å². The third-order valence-electron chi connectivity index (χ3n) is 4.61. The van der Waals surface area contributed by atoms with Crippen LogP contribution in [0, 0.1) is 0 Å². The maximum Gasteiger partial charge on any atom is 0.329 e. The topological polar surface area (TPSA) is 113 Å². The molecule has 1 aliphatic carbocycles. The number of hydrogen-bond donors (Lipinski definition) is 3. The molecule has 0 aromatic heterocycles. The summed E-state index contributed by atoms with van der Waals surface area (Å²) in [6.45, 7) is 3.65. The van der Waals surface area contributed by atoms with Crippen LogP contribution in [0.15, 0.2) is 29.2 Å².